The van der Waals surface area contributed by atoms with Gasteiger partial charge in [-0.3, -0.25) is 9.69 Å². The summed E-state index contributed by atoms with van der Waals surface area (Å²) in [7, 11) is 1.59. The second-order valence-electron chi connectivity index (χ2n) is 4.77. The first kappa shape index (κ1) is 14.4. The van der Waals surface area contributed by atoms with Crippen molar-refractivity contribution in [2.24, 2.45) is 0 Å². The Bertz CT molecular complexity index is 502. The highest BCUT2D eigenvalue weighted by molar-refractivity contribution is 5.94. The zero-order valence-electron chi connectivity index (χ0n) is 11.7. The van der Waals surface area contributed by atoms with Crippen molar-refractivity contribution in [1.82, 2.24) is 9.80 Å². The van der Waals surface area contributed by atoms with Gasteiger partial charge in [-0.1, -0.05) is 6.07 Å². The molecular weight excluding hydrogens is 254 g/mol. The maximum atomic E-state index is 12.4. The molecule has 20 heavy (non-hydrogen) atoms. The summed E-state index contributed by atoms with van der Waals surface area (Å²) in [6.45, 7) is 3.87. The van der Waals surface area contributed by atoms with Crippen LogP contribution in [-0.2, 0) is 0 Å². The van der Waals surface area contributed by atoms with Crippen LogP contribution in [-0.4, -0.2) is 55.5 Å². The van der Waals surface area contributed by atoms with Crippen LogP contribution in [0.5, 0.6) is 5.75 Å². The molecule has 0 N–H and O–H groups in total. The molecule has 0 atom stereocenters. The van der Waals surface area contributed by atoms with E-state index in [0.717, 1.165) is 19.6 Å². The van der Waals surface area contributed by atoms with Crippen LogP contribution in [0.2, 0.25) is 0 Å². The molecule has 5 nitrogen and oxygen atoms in total. The van der Waals surface area contributed by atoms with E-state index in [1.54, 1.807) is 13.2 Å². The van der Waals surface area contributed by atoms with Crippen LogP contribution >= 0.6 is 0 Å². The number of methoxy groups -OCH3 is 1. The number of rotatable bonds is 4. The minimum Gasteiger partial charge on any atom is -0.497 e. The number of hydrogen-bond donors (Lipinski definition) is 0. The monoisotopic (exact) mass is 273 g/mol. The lowest BCUT2D eigenvalue weighted by Crippen LogP contribution is -2.48. The molecule has 1 heterocycles. The molecule has 0 radical (unpaired) electrons. The largest absolute Gasteiger partial charge is 0.497 e. The molecule has 0 spiro atoms. The third-order valence-electron chi connectivity index (χ3n) is 3.52. The third-order valence-corrected chi connectivity index (χ3v) is 3.52. The molecule has 1 amide bonds. The molecule has 1 fully saturated rings. The summed E-state index contributed by atoms with van der Waals surface area (Å²) in [5, 5.41) is 8.58. The molecular formula is C15H19N3O2. The van der Waals surface area contributed by atoms with Crippen molar-refractivity contribution in [3.8, 4) is 11.8 Å². The van der Waals surface area contributed by atoms with Crippen molar-refractivity contribution in [3.63, 3.8) is 0 Å². The van der Waals surface area contributed by atoms with Gasteiger partial charge in [0.15, 0.2) is 0 Å². The first-order chi connectivity index (χ1) is 9.74. The van der Waals surface area contributed by atoms with E-state index in [1.165, 1.54) is 0 Å². The number of amides is 1. The Morgan fingerprint density at radius 1 is 1.35 bits per heavy atom. The van der Waals surface area contributed by atoms with Gasteiger partial charge in [0.25, 0.3) is 5.91 Å². The number of carbonyl (C=O) groups excluding carboxylic acids is 1. The normalized spacial score (nSPS) is 15.7. The van der Waals surface area contributed by atoms with Crippen molar-refractivity contribution in [1.29, 1.82) is 5.26 Å². The maximum Gasteiger partial charge on any atom is 0.254 e. The molecule has 0 saturated carbocycles. The summed E-state index contributed by atoms with van der Waals surface area (Å²) in [5.41, 5.74) is 0.662. The predicted molar refractivity (Wildman–Crippen MR) is 75.6 cm³/mol. The van der Waals surface area contributed by atoms with E-state index in [2.05, 4.69) is 11.0 Å². The van der Waals surface area contributed by atoms with Crippen LogP contribution in [0.4, 0.5) is 0 Å². The molecule has 1 aromatic carbocycles. The van der Waals surface area contributed by atoms with Gasteiger partial charge in [-0.05, 0) is 18.2 Å². The number of ether oxygens (including phenoxy) is 1. The molecule has 106 valence electrons. The zero-order valence-corrected chi connectivity index (χ0v) is 11.7. The highest BCUT2D eigenvalue weighted by Gasteiger charge is 2.21. The molecule has 5 heteroatoms. The van der Waals surface area contributed by atoms with Crippen LogP contribution in [0.15, 0.2) is 24.3 Å². The average molecular weight is 273 g/mol. The summed E-state index contributed by atoms with van der Waals surface area (Å²) in [6, 6.07) is 9.39. The molecule has 1 saturated heterocycles. The number of piperazine rings is 1. The topological polar surface area (TPSA) is 56.6 Å². The average Bonchev–Trinajstić information content (AvgIpc) is 2.52. The Balaban J connectivity index is 1.93. The van der Waals surface area contributed by atoms with Gasteiger partial charge < -0.3 is 9.64 Å². The van der Waals surface area contributed by atoms with E-state index < -0.39 is 0 Å². The highest BCUT2D eigenvalue weighted by atomic mass is 16.5. The Kier molecular flexibility index (Phi) is 4.97. The van der Waals surface area contributed by atoms with Gasteiger partial charge in [-0.2, -0.15) is 5.26 Å². The molecule has 0 bridgehead atoms. The van der Waals surface area contributed by atoms with Gasteiger partial charge in [-0.15, -0.1) is 0 Å². The van der Waals surface area contributed by atoms with Crippen LogP contribution in [0.25, 0.3) is 0 Å². The van der Waals surface area contributed by atoms with Gasteiger partial charge >= 0.3 is 0 Å². The zero-order chi connectivity index (χ0) is 14.4. The van der Waals surface area contributed by atoms with Crippen LogP contribution in [0.3, 0.4) is 0 Å². The van der Waals surface area contributed by atoms with E-state index >= 15 is 0 Å². The van der Waals surface area contributed by atoms with Crippen molar-refractivity contribution >= 4 is 5.91 Å². The maximum absolute atomic E-state index is 12.4. The van der Waals surface area contributed by atoms with E-state index in [0.29, 0.717) is 30.8 Å². The minimum absolute atomic E-state index is 0.0452. The fourth-order valence-corrected chi connectivity index (χ4v) is 2.32. The number of nitriles is 1. The molecule has 0 unspecified atom stereocenters. The van der Waals surface area contributed by atoms with E-state index in [9.17, 15) is 4.79 Å². The molecule has 0 aliphatic carbocycles. The minimum atomic E-state index is 0.0452. The van der Waals surface area contributed by atoms with E-state index in [-0.39, 0.29) is 5.91 Å². The predicted octanol–water partition coefficient (Wildman–Crippen LogP) is 1.37. The van der Waals surface area contributed by atoms with Crippen LogP contribution < -0.4 is 4.74 Å². The second-order valence-corrected chi connectivity index (χ2v) is 4.77. The second kappa shape index (κ2) is 6.92. The smallest absolute Gasteiger partial charge is 0.254 e. The summed E-state index contributed by atoms with van der Waals surface area (Å²) >= 11 is 0. The first-order valence-electron chi connectivity index (χ1n) is 6.77. The fraction of sp³-hybridized carbons (Fsp3) is 0.467. The highest BCUT2D eigenvalue weighted by Crippen LogP contribution is 2.15. The number of benzene rings is 1. The Morgan fingerprint density at radius 3 is 2.75 bits per heavy atom. The lowest BCUT2D eigenvalue weighted by Gasteiger charge is -2.34. The Labute approximate surface area is 119 Å². The molecule has 2 rings (SSSR count). The molecule has 0 aromatic heterocycles. The van der Waals surface area contributed by atoms with Crippen molar-refractivity contribution in [3.05, 3.63) is 29.8 Å². The number of hydrogen-bond acceptors (Lipinski definition) is 4. The molecule has 1 aliphatic rings. The van der Waals surface area contributed by atoms with Crippen molar-refractivity contribution < 1.29 is 9.53 Å². The first-order valence-corrected chi connectivity index (χ1v) is 6.77. The van der Waals surface area contributed by atoms with Gasteiger partial charge in [-0.25, -0.2) is 0 Å². The van der Waals surface area contributed by atoms with Gasteiger partial charge in [0.05, 0.1) is 13.2 Å². The standard InChI is InChI=1S/C15H19N3O2/c1-20-14-5-2-4-13(12-14)15(19)18-10-8-17(9-11-18)7-3-6-16/h2,4-5,12H,3,7-11H2,1H3. The Hall–Kier alpha value is -2.06. The quantitative estimate of drug-likeness (QED) is 0.831. The molecule has 1 aromatic rings. The summed E-state index contributed by atoms with van der Waals surface area (Å²) in [5.74, 6) is 0.743. The lowest BCUT2D eigenvalue weighted by atomic mass is 10.1. The summed E-state index contributed by atoms with van der Waals surface area (Å²) in [6.07, 6.45) is 0.545. The lowest BCUT2D eigenvalue weighted by molar-refractivity contribution is 0.0639. The SMILES string of the molecule is COc1cccc(C(=O)N2CCN(CCC#N)CC2)c1. The van der Waals surface area contributed by atoms with Crippen molar-refractivity contribution in [2.75, 3.05) is 39.8 Å². The van der Waals surface area contributed by atoms with Crippen LogP contribution in [0.1, 0.15) is 16.8 Å². The van der Waals surface area contributed by atoms with Gasteiger partial charge in [0.2, 0.25) is 0 Å². The van der Waals surface area contributed by atoms with E-state index in [1.807, 2.05) is 23.1 Å². The van der Waals surface area contributed by atoms with E-state index in [4.69, 9.17) is 10.00 Å². The Morgan fingerprint density at radius 2 is 2.10 bits per heavy atom. The summed E-state index contributed by atoms with van der Waals surface area (Å²) in [4.78, 5) is 16.5. The van der Waals surface area contributed by atoms with Crippen LogP contribution in [0, 0.1) is 11.3 Å². The number of carbonyl (C=O) groups is 1. The third kappa shape index (κ3) is 3.49. The van der Waals surface area contributed by atoms with Crippen molar-refractivity contribution in [2.45, 2.75) is 6.42 Å². The molecule has 1 aliphatic heterocycles. The number of nitrogens with zero attached hydrogens (tertiary/aromatic N) is 3. The summed E-state index contributed by atoms with van der Waals surface area (Å²) < 4.78 is 5.14. The fourth-order valence-electron chi connectivity index (χ4n) is 2.32. The van der Waals surface area contributed by atoms with Gasteiger partial charge in [0, 0.05) is 44.7 Å². The van der Waals surface area contributed by atoms with Gasteiger partial charge in [0.1, 0.15) is 5.75 Å².